The summed E-state index contributed by atoms with van der Waals surface area (Å²) in [5.41, 5.74) is 0. The van der Waals surface area contributed by atoms with Crippen molar-refractivity contribution in [2.75, 3.05) is 32.8 Å². The van der Waals surface area contributed by atoms with Crippen LogP contribution in [-0.2, 0) is 13.6 Å². The molecular formula is C7H18O3SSi. The number of unbranched alkanes of at least 4 members (excludes halogenated alkanes) is 1. The summed E-state index contributed by atoms with van der Waals surface area (Å²) >= 11 is 4.10. The van der Waals surface area contributed by atoms with Crippen LogP contribution in [0.4, 0.5) is 0 Å². The predicted octanol–water partition coefficient (Wildman–Crippen LogP) is 0.765. The van der Waals surface area contributed by atoms with E-state index >= 15 is 0 Å². The minimum atomic E-state index is -1.48. The third-order valence-corrected chi connectivity index (χ3v) is 3.35. The molecule has 0 aromatic heterocycles. The average molecular weight is 210 g/mol. The van der Waals surface area contributed by atoms with Gasteiger partial charge in [0.1, 0.15) is 0 Å². The lowest BCUT2D eigenvalue weighted by atomic mass is 10.4. The summed E-state index contributed by atoms with van der Waals surface area (Å²) in [6.07, 6.45) is 2.81. The third-order valence-electron chi connectivity index (χ3n) is 1.48. The van der Waals surface area contributed by atoms with Crippen LogP contribution in [0.3, 0.4) is 0 Å². The van der Waals surface area contributed by atoms with E-state index in [-0.39, 0.29) is 0 Å². The average Bonchev–Trinajstić information content (AvgIpc) is 2.11. The zero-order valence-corrected chi connectivity index (χ0v) is 9.83. The van der Waals surface area contributed by atoms with Crippen molar-refractivity contribution in [3.05, 3.63) is 0 Å². The van der Waals surface area contributed by atoms with E-state index in [1.54, 1.807) is 14.2 Å². The number of thiol groups is 1. The van der Waals surface area contributed by atoms with Gasteiger partial charge in [-0.25, -0.2) is 0 Å². The lowest BCUT2D eigenvalue weighted by molar-refractivity contribution is 0.137. The van der Waals surface area contributed by atoms with Crippen molar-refractivity contribution in [2.24, 2.45) is 0 Å². The highest BCUT2D eigenvalue weighted by molar-refractivity contribution is 7.80. The van der Waals surface area contributed by atoms with Crippen LogP contribution in [0.1, 0.15) is 12.8 Å². The third kappa shape index (κ3) is 7.12. The molecule has 5 heteroatoms. The molecule has 0 aromatic rings. The molecule has 0 saturated heterocycles. The van der Waals surface area contributed by atoms with Crippen molar-refractivity contribution in [3.63, 3.8) is 0 Å². The highest BCUT2D eigenvalue weighted by atomic mass is 32.1. The first-order chi connectivity index (χ1) is 5.85. The van der Waals surface area contributed by atoms with E-state index in [0.717, 1.165) is 25.2 Å². The van der Waals surface area contributed by atoms with Crippen molar-refractivity contribution < 1.29 is 13.6 Å². The molecule has 0 aliphatic carbocycles. The summed E-state index contributed by atoms with van der Waals surface area (Å²) in [4.78, 5) is 0. The van der Waals surface area contributed by atoms with Gasteiger partial charge in [-0.1, -0.05) is 0 Å². The topological polar surface area (TPSA) is 27.7 Å². The van der Waals surface area contributed by atoms with Crippen LogP contribution in [0, 0.1) is 0 Å². The van der Waals surface area contributed by atoms with E-state index in [0.29, 0.717) is 6.23 Å². The number of ether oxygens (including phenoxy) is 1. The highest BCUT2D eigenvalue weighted by Gasteiger charge is 2.08. The molecule has 0 aliphatic rings. The molecule has 0 fully saturated rings. The second kappa shape index (κ2) is 9.53. The van der Waals surface area contributed by atoms with Gasteiger partial charge in [0.15, 0.2) is 0 Å². The summed E-state index contributed by atoms with van der Waals surface area (Å²) in [7, 11) is 1.84. The zero-order valence-electron chi connectivity index (χ0n) is 7.78. The van der Waals surface area contributed by atoms with Crippen LogP contribution in [0.5, 0.6) is 0 Å². The van der Waals surface area contributed by atoms with Crippen LogP contribution in [-0.4, -0.2) is 42.1 Å². The van der Waals surface area contributed by atoms with E-state index in [1.807, 2.05) is 0 Å². The molecule has 0 aromatic carbocycles. The number of hydrogen-bond acceptors (Lipinski definition) is 4. The Bertz CT molecular complexity index is 90.7. The van der Waals surface area contributed by atoms with Gasteiger partial charge in [-0.3, -0.25) is 0 Å². The van der Waals surface area contributed by atoms with Crippen molar-refractivity contribution in [2.45, 2.75) is 12.8 Å². The minimum absolute atomic E-state index is 0.638. The van der Waals surface area contributed by atoms with Crippen LogP contribution < -0.4 is 0 Å². The van der Waals surface area contributed by atoms with Gasteiger partial charge in [0.25, 0.3) is 0 Å². The molecule has 0 bridgehead atoms. The first-order valence-corrected chi connectivity index (χ1v) is 6.48. The van der Waals surface area contributed by atoms with Crippen LogP contribution in [0.25, 0.3) is 0 Å². The van der Waals surface area contributed by atoms with Gasteiger partial charge in [0.05, 0.1) is 6.23 Å². The van der Waals surface area contributed by atoms with E-state index in [9.17, 15) is 0 Å². The lowest BCUT2D eigenvalue weighted by Crippen LogP contribution is -2.26. The molecule has 0 unspecified atom stereocenters. The van der Waals surface area contributed by atoms with Gasteiger partial charge in [-0.05, 0) is 18.6 Å². The van der Waals surface area contributed by atoms with Crippen LogP contribution in [0.15, 0.2) is 0 Å². The molecule has 0 heterocycles. The van der Waals surface area contributed by atoms with Crippen molar-refractivity contribution in [3.8, 4) is 0 Å². The van der Waals surface area contributed by atoms with E-state index < -0.39 is 9.28 Å². The largest absolute Gasteiger partial charge is 0.399 e. The molecule has 0 N–H and O–H groups in total. The van der Waals surface area contributed by atoms with Gasteiger partial charge in [-0.2, -0.15) is 12.6 Å². The van der Waals surface area contributed by atoms with Crippen molar-refractivity contribution in [1.82, 2.24) is 0 Å². The smallest absolute Gasteiger partial charge is 0.347 e. The fourth-order valence-electron chi connectivity index (χ4n) is 0.728. The molecule has 74 valence electrons. The van der Waals surface area contributed by atoms with Gasteiger partial charge in [-0.15, -0.1) is 0 Å². The summed E-state index contributed by atoms with van der Waals surface area (Å²) in [5, 5.41) is 0. The molecule has 0 radical (unpaired) electrons. The van der Waals surface area contributed by atoms with E-state index in [4.69, 9.17) is 13.6 Å². The summed E-state index contributed by atoms with van der Waals surface area (Å²) in [6, 6.07) is 0. The summed E-state index contributed by atoms with van der Waals surface area (Å²) in [6.45, 7) is 0.788. The Balaban J connectivity index is 3.06. The standard InChI is InChI=1S/C7H18O3SSi/c1-8-12(9-2)7-10-5-3-4-6-11/h11-12H,3-7H2,1-2H3. The minimum Gasteiger partial charge on any atom is -0.399 e. The zero-order chi connectivity index (χ0) is 9.23. The molecule has 0 atom stereocenters. The Hall–Kier alpha value is 0.447. The first kappa shape index (κ1) is 12.4. The normalized spacial score (nSPS) is 11.0. The quantitative estimate of drug-likeness (QED) is 0.364. The van der Waals surface area contributed by atoms with Gasteiger partial charge in [0, 0.05) is 20.8 Å². The van der Waals surface area contributed by atoms with Crippen LogP contribution in [0.2, 0.25) is 0 Å². The molecule has 0 rings (SSSR count). The van der Waals surface area contributed by atoms with E-state index in [2.05, 4.69) is 12.6 Å². The Morgan fingerprint density at radius 3 is 2.33 bits per heavy atom. The first-order valence-electron chi connectivity index (χ1n) is 4.09. The maximum Gasteiger partial charge on any atom is 0.347 e. The monoisotopic (exact) mass is 210 g/mol. The van der Waals surface area contributed by atoms with Crippen molar-refractivity contribution >= 4 is 21.9 Å². The van der Waals surface area contributed by atoms with Gasteiger partial charge < -0.3 is 13.6 Å². The van der Waals surface area contributed by atoms with Gasteiger partial charge in [0.2, 0.25) is 0 Å². The molecule has 0 amide bonds. The Labute approximate surface area is 81.6 Å². The lowest BCUT2D eigenvalue weighted by Gasteiger charge is -2.10. The Kier molecular flexibility index (Phi) is 9.89. The number of rotatable bonds is 8. The molecule has 12 heavy (non-hydrogen) atoms. The molecule has 0 saturated carbocycles. The molecule has 0 aliphatic heterocycles. The maximum absolute atomic E-state index is 5.36. The second-order valence-electron chi connectivity index (χ2n) is 2.41. The summed E-state index contributed by atoms with van der Waals surface area (Å²) < 4.78 is 15.5. The molecule has 0 spiro atoms. The SMILES string of the molecule is CO[SiH](COCCCCS)OC. The van der Waals surface area contributed by atoms with Crippen LogP contribution >= 0.6 is 12.6 Å². The Morgan fingerprint density at radius 2 is 1.83 bits per heavy atom. The predicted molar refractivity (Wildman–Crippen MR) is 55.1 cm³/mol. The fourth-order valence-corrected chi connectivity index (χ4v) is 1.78. The number of hydrogen-bond donors (Lipinski definition) is 1. The molecule has 3 nitrogen and oxygen atoms in total. The highest BCUT2D eigenvalue weighted by Crippen LogP contribution is 1.93. The maximum atomic E-state index is 5.36. The van der Waals surface area contributed by atoms with Gasteiger partial charge >= 0.3 is 9.28 Å². The fraction of sp³-hybridized carbons (Fsp3) is 1.00. The summed E-state index contributed by atoms with van der Waals surface area (Å²) in [5.74, 6) is 0.929. The molecular weight excluding hydrogens is 192 g/mol. The second-order valence-corrected chi connectivity index (χ2v) is 4.99. The van der Waals surface area contributed by atoms with E-state index in [1.165, 1.54) is 0 Å². The Morgan fingerprint density at radius 1 is 1.17 bits per heavy atom. The van der Waals surface area contributed by atoms with Crippen molar-refractivity contribution in [1.29, 1.82) is 0 Å².